The molecule has 1 N–H and O–H groups in total. The van der Waals surface area contributed by atoms with Crippen LogP contribution in [0.15, 0.2) is 59.6 Å². The first kappa shape index (κ1) is 17.7. The Kier molecular flexibility index (Phi) is 4.99. The Morgan fingerprint density at radius 1 is 1.12 bits per heavy atom. The van der Waals surface area contributed by atoms with Crippen LogP contribution in [0.5, 0.6) is 0 Å². The number of nitrogens with zero attached hydrogens (tertiary/aromatic N) is 2. The van der Waals surface area contributed by atoms with Gasteiger partial charge in [0.05, 0.1) is 15.2 Å². The Balaban J connectivity index is 1.92. The maximum atomic E-state index is 13.0. The van der Waals surface area contributed by atoms with E-state index in [-0.39, 0.29) is 11.7 Å². The number of hydrogen-bond donors (Lipinski definition) is 1. The molecule has 130 valence electrons. The van der Waals surface area contributed by atoms with Crippen molar-refractivity contribution >= 4 is 47.1 Å². The van der Waals surface area contributed by atoms with Gasteiger partial charge in [-0.3, -0.25) is 14.4 Å². The normalized spacial score (nSPS) is 18.9. The third-order valence-electron chi connectivity index (χ3n) is 3.39. The number of carbonyl (C=O) groups excluding carboxylic acids is 2. The van der Waals surface area contributed by atoms with Crippen LogP contribution >= 0.6 is 30.0 Å². The number of rotatable bonds is 3. The van der Waals surface area contributed by atoms with Gasteiger partial charge in [-0.2, -0.15) is 4.99 Å². The summed E-state index contributed by atoms with van der Waals surface area (Å²) in [6, 6.07) is 13.4. The van der Waals surface area contributed by atoms with Crippen molar-refractivity contribution in [3.63, 3.8) is 0 Å². The van der Waals surface area contributed by atoms with Gasteiger partial charge in [-0.05, 0) is 51.2 Å². The number of nitrogens with one attached hydrogen (secondary N) is 1. The van der Waals surface area contributed by atoms with E-state index in [2.05, 4.69) is 9.71 Å². The fraction of sp³-hybridized carbons (Fsp3) is 0.0625. The first-order valence-electron chi connectivity index (χ1n) is 7.11. The summed E-state index contributed by atoms with van der Waals surface area (Å²) in [5, 5.41) is -0.0426. The van der Waals surface area contributed by atoms with Gasteiger partial charge in [0.1, 0.15) is 5.82 Å². The topological polar surface area (TPSA) is 61.8 Å². The lowest BCUT2D eigenvalue weighted by Gasteiger charge is -2.20. The third kappa shape index (κ3) is 3.95. The molecular formula is C16H12Cl2FN3O2S. The van der Waals surface area contributed by atoms with Crippen LogP contribution in [0.4, 0.5) is 9.18 Å². The quantitative estimate of drug-likeness (QED) is 0.820. The van der Waals surface area contributed by atoms with Crippen molar-refractivity contribution in [1.29, 1.82) is 0 Å². The third-order valence-corrected chi connectivity index (χ3v) is 5.88. The molecule has 5 nitrogen and oxygen atoms in total. The fourth-order valence-electron chi connectivity index (χ4n) is 2.20. The van der Waals surface area contributed by atoms with E-state index in [4.69, 9.17) is 21.4 Å². The molecule has 1 aliphatic heterocycles. The Bertz CT molecular complexity index is 844. The SMILES string of the molecule is O=C(N=C1N(Cc2ccc(F)cc2)C(=O)NS1(Cl)Cl)c1ccccc1. The van der Waals surface area contributed by atoms with Gasteiger partial charge >= 0.3 is 6.03 Å². The zero-order valence-electron chi connectivity index (χ0n) is 12.7. The van der Waals surface area contributed by atoms with Gasteiger partial charge < -0.3 is 0 Å². The van der Waals surface area contributed by atoms with Crippen LogP contribution in [0.3, 0.4) is 0 Å². The lowest BCUT2D eigenvalue weighted by molar-refractivity contribution is 0.100. The molecule has 0 atom stereocenters. The van der Waals surface area contributed by atoms with Gasteiger partial charge in [-0.15, -0.1) is 0 Å². The maximum Gasteiger partial charge on any atom is 0.334 e. The first-order chi connectivity index (χ1) is 11.9. The number of amides is 3. The highest BCUT2D eigenvalue weighted by Crippen LogP contribution is 2.60. The molecule has 2 aromatic carbocycles. The van der Waals surface area contributed by atoms with Crippen LogP contribution in [0.2, 0.25) is 0 Å². The summed E-state index contributed by atoms with van der Waals surface area (Å²) in [4.78, 5) is 29.7. The van der Waals surface area contributed by atoms with E-state index in [0.717, 1.165) is 0 Å². The number of urea groups is 1. The molecule has 25 heavy (non-hydrogen) atoms. The molecule has 2 aromatic rings. The van der Waals surface area contributed by atoms with Crippen LogP contribution in [0.1, 0.15) is 15.9 Å². The molecule has 0 spiro atoms. The molecular weight excluding hydrogens is 388 g/mol. The summed E-state index contributed by atoms with van der Waals surface area (Å²) in [5.41, 5.74) is 0.987. The smallest absolute Gasteiger partial charge is 0.269 e. The molecule has 0 aliphatic carbocycles. The average Bonchev–Trinajstić information content (AvgIpc) is 2.79. The van der Waals surface area contributed by atoms with E-state index < -0.39 is 26.4 Å². The average molecular weight is 400 g/mol. The Hall–Kier alpha value is -2.09. The Morgan fingerprint density at radius 2 is 1.76 bits per heavy atom. The number of carbonyl (C=O) groups is 2. The van der Waals surface area contributed by atoms with E-state index in [0.29, 0.717) is 11.1 Å². The lowest BCUT2D eigenvalue weighted by Crippen LogP contribution is -2.31. The van der Waals surface area contributed by atoms with Crippen molar-refractivity contribution in [2.24, 2.45) is 4.99 Å². The van der Waals surface area contributed by atoms with Crippen LogP contribution in [0.25, 0.3) is 0 Å². The molecule has 1 heterocycles. The maximum absolute atomic E-state index is 13.0. The van der Waals surface area contributed by atoms with Crippen LogP contribution < -0.4 is 4.72 Å². The zero-order valence-corrected chi connectivity index (χ0v) is 15.0. The van der Waals surface area contributed by atoms with Gasteiger partial charge in [0.15, 0.2) is 0 Å². The summed E-state index contributed by atoms with van der Waals surface area (Å²) >= 11 is 0. The molecule has 0 aromatic heterocycles. The Labute approximate surface area is 153 Å². The molecule has 3 amide bonds. The van der Waals surface area contributed by atoms with E-state index >= 15 is 0 Å². The van der Waals surface area contributed by atoms with Gasteiger partial charge in [0.2, 0.25) is 5.17 Å². The molecule has 0 radical (unpaired) electrons. The second-order valence-corrected chi connectivity index (χ2v) is 9.91. The van der Waals surface area contributed by atoms with E-state index in [1.54, 1.807) is 30.3 Å². The standard InChI is InChI=1S/C16H12Cl2FN3O2S/c17-25(18)16(20-14(23)12-4-2-1-3-5-12)22(15(24)21-25)10-11-6-8-13(19)9-7-11/h1-9H,10H2,(H,21,24). The molecule has 0 bridgehead atoms. The van der Waals surface area contributed by atoms with Crippen molar-refractivity contribution in [2.45, 2.75) is 6.54 Å². The molecule has 3 rings (SSSR count). The number of benzene rings is 2. The van der Waals surface area contributed by atoms with Crippen molar-refractivity contribution < 1.29 is 14.0 Å². The van der Waals surface area contributed by atoms with E-state index in [1.807, 2.05) is 0 Å². The summed E-state index contributed by atoms with van der Waals surface area (Å²) in [7, 11) is 9.57. The summed E-state index contributed by atoms with van der Waals surface area (Å²) in [6.07, 6.45) is 0. The zero-order chi connectivity index (χ0) is 18.0. The minimum Gasteiger partial charge on any atom is -0.269 e. The highest BCUT2D eigenvalue weighted by molar-refractivity contribution is 8.74. The van der Waals surface area contributed by atoms with Crippen molar-refractivity contribution in [3.05, 3.63) is 71.5 Å². The predicted octanol–water partition coefficient (Wildman–Crippen LogP) is 4.57. The Morgan fingerprint density at radius 3 is 2.40 bits per heavy atom. The number of halogens is 3. The molecule has 9 heteroatoms. The summed E-state index contributed by atoms with van der Waals surface area (Å²) in [6.45, 7) is 0.0568. The first-order valence-corrected chi connectivity index (χ1v) is 10.4. The number of amidine groups is 1. The van der Waals surface area contributed by atoms with Crippen LogP contribution in [-0.2, 0) is 6.54 Å². The number of aliphatic imine (C=N–C) groups is 1. The second kappa shape index (κ2) is 7.03. The fourth-order valence-corrected chi connectivity index (χ4v) is 4.34. The van der Waals surface area contributed by atoms with Gasteiger partial charge in [-0.25, -0.2) is 9.18 Å². The van der Waals surface area contributed by atoms with Crippen molar-refractivity contribution in [3.8, 4) is 0 Å². The molecule has 1 saturated heterocycles. The minimum absolute atomic E-state index is 0.0426. The molecule has 0 unspecified atom stereocenters. The highest BCUT2D eigenvalue weighted by atomic mass is 36.0. The van der Waals surface area contributed by atoms with Crippen molar-refractivity contribution in [1.82, 2.24) is 9.62 Å². The highest BCUT2D eigenvalue weighted by Gasteiger charge is 2.43. The summed E-state index contributed by atoms with van der Waals surface area (Å²) in [5.74, 6) is -0.952. The van der Waals surface area contributed by atoms with E-state index in [1.165, 1.54) is 29.2 Å². The van der Waals surface area contributed by atoms with Gasteiger partial charge in [0.25, 0.3) is 5.91 Å². The number of hydrogen-bond acceptors (Lipinski definition) is 2. The minimum atomic E-state index is -2.79. The summed E-state index contributed by atoms with van der Waals surface area (Å²) < 4.78 is 15.5. The molecule has 0 saturated carbocycles. The molecule has 1 fully saturated rings. The van der Waals surface area contributed by atoms with Gasteiger partial charge in [0, 0.05) is 5.56 Å². The molecule has 1 aliphatic rings. The van der Waals surface area contributed by atoms with E-state index in [9.17, 15) is 14.0 Å². The largest absolute Gasteiger partial charge is 0.334 e. The monoisotopic (exact) mass is 399 g/mol. The van der Waals surface area contributed by atoms with Crippen molar-refractivity contribution in [2.75, 3.05) is 0 Å². The van der Waals surface area contributed by atoms with Crippen LogP contribution in [0, 0.1) is 5.82 Å². The lowest BCUT2D eigenvalue weighted by atomic mass is 10.2. The van der Waals surface area contributed by atoms with Crippen LogP contribution in [-0.4, -0.2) is 22.0 Å². The predicted molar refractivity (Wildman–Crippen MR) is 98.0 cm³/mol. The van der Waals surface area contributed by atoms with Gasteiger partial charge in [-0.1, -0.05) is 30.3 Å². The second-order valence-electron chi connectivity index (χ2n) is 5.15.